The lowest BCUT2D eigenvalue weighted by Gasteiger charge is -2.44. The van der Waals surface area contributed by atoms with Crippen molar-refractivity contribution in [2.24, 2.45) is 5.92 Å². The standard InChI is InChI=1S/C20H24N2O2S/c23-19(18-12-14-6-1-2-8-16(14)20(24)25-18)21-13-15-7-5-11-22-10-4-3-9-17(15)22/h1-2,6,8,12,15,17H,3-5,7,9-11,13H2,(H,21,23)/t15-,17+/m0/s1. The number of carbonyl (C=O) groups excluding carboxylic acids is 1. The highest BCUT2D eigenvalue weighted by Crippen LogP contribution is 2.30. The first-order chi connectivity index (χ1) is 12.2. The first-order valence-electron chi connectivity index (χ1n) is 9.27. The van der Waals surface area contributed by atoms with Crippen molar-refractivity contribution >= 4 is 28.0 Å². The van der Waals surface area contributed by atoms with Gasteiger partial charge in [-0.25, -0.2) is 0 Å². The Morgan fingerprint density at radius 2 is 2.00 bits per heavy atom. The zero-order valence-electron chi connectivity index (χ0n) is 14.4. The fourth-order valence-electron chi connectivity index (χ4n) is 4.37. The van der Waals surface area contributed by atoms with Crippen molar-refractivity contribution in [2.75, 3.05) is 19.6 Å². The topological polar surface area (TPSA) is 49.4 Å². The number of amides is 1. The van der Waals surface area contributed by atoms with Crippen molar-refractivity contribution in [3.8, 4) is 0 Å². The Morgan fingerprint density at radius 3 is 2.92 bits per heavy atom. The van der Waals surface area contributed by atoms with E-state index < -0.39 is 0 Å². The molecule has 1 N–H and O–H groups in total. The predicted octanol–water partition coefficient (Wildman–Crippen LogP) is 3.26. The van der Waals surface area contributed by atoms with E-state index in [1.54, 1.807) is 0 Å². The third-order valence-corrected chi connectivity index (χ3v) is 6.58. The van der Waals surface area contributed by atoms with Crippen LogP contribution in [0.25, 0.3) is 10.8 Å². The number of hydrogen-bond acceptors (Lipinski definition) is 4. The summed E-state index contributed by atoms with van der Waals surface area (Å²) in [4.78, 5) is 27.9. The highest BCUT2D eigenvalue weighted by atomic mass is 32.1. The van der Waals surface area contributed by atoms with E-state index in [4.69, 9.17) is 0 Å². The molecule has 2 aliphatic heterocycles. The molecule has 4 rings (SSSR count). The fourth-order valence-corrected chi connectivity index (χ4v) is 5.22. The first-order valence-corrected chi connectivity index (χ1v) is 10.1. The zero-order chi connectivity index (χ0) is 17.2. The molecule has 0 spiro atoms. The van der Waals surface area contributed by atoms with Gasteiger partial charge in [0.05, 0.1) is 4.88 Å². The monoisotopic (exact) mass is 356 g/mol. The van der Waals surface area contributed by atoms with Crippen molar-refractivity contribution in [2.45, 2.75) is 38.1 Å². The number of nitrogens with one attached hydrogen (secondary N) is 1. The molecule has 0 radical (unpaired) electrons. The van der Waals surface area contributed by atoms with Crippen LogP contribution in [-0.2, 0) is 0 Å². The molecule has 1 aromatic carbocycles. The number of benzene rings is 1. The van der Waals surface area contributed by atoms with Gasteiger partial charge in [-0.1, -0.05) is 36.0 Å². The van der Waals surface area contributed by atoms with Crippen LogP contribution in [0.3, 0.4) is 0 Å². The van der Waals surface area contributed by atoms with Crippen LogP contribution in [-0.4, -0.2) is 36.5 Å². The molecule has 2 atom stereocenters. The normalized spacial score (nSPS) is 24.0. The molecule has 2 aliphatic rings. The van der Waals surface area contributed by atoms with Crippen molar-refractivity contribution in [1.29, 1.82) is 0 Å². The molecule has 0 aliphatic carbocycles. The number of piperidine rings is 2. The number of carbonyl (C=O) groups is 1. The molecule has 5 heteroatoms. The minimum atomic E-state index is -0.110. The van der Waals surface area contributed by atoms with E-state index in [1.807, 2.05) is 30.3 Å². The third-order valence-electron chi connectivity index (χ3n) is 5.65. The van der Waals surface area contributed by atoms with E-state index in [1.165, 1.54) is 45.2 Å². The third kappa shape index (κ3) is 3.48. The second-order valence-electron chi connectivity index (χ2n) is 7.20. The van der Waals surface area contributed by atoms with Crippen LogP contribution in [0.4, 0.5) is 0 Å². The van der Waals surface area contributed by atoms with Crippen LogP contribution in [0.2, 0.25) is 0 Å². The van der Waals surface area contributed by atoms with Crippen LogP contribution in [0, 0.1) is 5.92 Å². The Labute approximate surface area is 151 Å². The number of rotatable bonds is 3. The summed E-state index contributed by atoms with van der Waals surface area (Å²) in [7, 11) is 0. The molecule has 2 fully saturated rings. The van der Waals surface area contributed by atoms with Crippen LogP contribution < -0.4 is 10.1 Å². The van der Waals surface area contributed by atoms with E-state index in [-0.39, 0.29) is 10.6 Å². The predicted molar refractivity (Wildman–Crippen MR) is 102 cm³/mol. The quantitative estimate of drug-likeness (QED) is 0.918. The van der Waals surface area contributed by atoms with Gasteiger partial charge in [0.15, 0.2) is 0 Å². The van der Waals surface area contributed by atoms with E-state index in [2.05, 4.69) is 10.2 Å². The summed E-state index contributed by atoms with van der Waals surface area (Å²) in [5.74, 6) is 0.427. The maximum Gasteiger partial charge on any atom is 0.261 e. The summed E-state index contributed by atoms with van der Waals surface area (Å²) in [6.45, 7) is 3.14. The smallest absolute Gasteiger partial charge is 0.261 e. The maximum absolute atomic E-state index is 12.6. The lowest BCUT2D eigenvalue weighted by Crippen LogP contribution is -2.50. The molecule has 0 unspecified atom stereocenters. The average molecular weight is 356 g/mol. The highest BCUT2D eigenvalue weighted by molar-refractivity contribution is 7.12. The largest absolute Gasteiger partial charge is 0.351 e. The maximum atomic E-state index is 12.6. The molecular formula is C20H24N2O2S. The van der Waals surface area contributed by atoms with Gasteiger partial charge in [-0.05, 0) is 62.2 Å². The van der Waals surface area contributed by atoms with Gasteiger partial charge in [0.1, 0.15) is 0 Å². The van der Waals surface area contributed by atoms with Crippen molar-refractivity contribution in [3.05, 3.63) is 44.7 Å². The summed E-state index contributed by atoms with van der Waals surface area (Å²) >= 11 is 1.05. The van der Waals surface area contributed by atoms with Gasteiger partial charge in [-0.2, -0.15) is 0 Å². The number of fused-ring (bicyclic) bond motifs is 2. The van der Waals surface area contributed by atoms with E-state index in [9.17, 15) is 9.59 Å². The van der Waals surface area contributed by atoms with Crippen LogP contribution in [0.5, 0.6) is 0 Å². The molecule has 0 saturated carbocycles. The summed E-state index contributed by atoms with van der Waals surface area (Å²) in [5, 5.41) is 4.63. The van der Waals surface area contributed by atoms with Gasteiger partial charge < -0.3 is 10.2 Å². The summed E-state index contributed by atoms with van der Waals surface area (Å²) in [5.41, 5.74) is 0. The highest BCUT2D eigenvalue weighted by Gasteiger charge is 2.33. The molecule has 132 valence electrons. The van der Waals surface area contributed by atoms with E-state index in [0.717, 1.165) is 16.7 Å². The molecule has 4 nitrogen and oxygen atoms in total. The SMILES string of the molecule is O=C(NC[C@@H]1CCCN2CCCC[C@H]12)c1cc2ccccc2c(=O)s1. The van der Waals surface area contributed by atoms with Crippen molar-refractivity contribution in [1.82, 2.24) is 10.2 Å². The van der Waals surface area contributed by atoms with Gasteiger partial charge >= 0.3 is 0 Å². The average Bonchev–Trinajstić information content (AvgIpc) is 2.66. The van der Waals surface area contributed by atoms with Gasteiger partial charge in [-0.15, -0.1) is 0 Å². The molecule has 3 heterocycles. The second-order valence-corrected chi connectivity index (χ2v) is 8.21. The fraction of sp³-hybridized carbons (Fsp3) is 0.500. The molecule has 1 amide bonds. The van der Waals surface area contributed by atoms with Gasteiger partial charge in [0.2, 0.25) is 4.74 Å². The van der Waals surface area contributed by atoms with Gasteiger partial charge in [0.25, 0.3) is 5.91 Å². The van der Waals surface area contributed by atoms with E-state index in [0.29, 0.717) is 28.8 Å². The molecule has 1 aromatic heterocycles. The minimum absolute atomic E-state index is 0.0422. The molecule has 25 heavy (non-hydrogen) atoms. The van der Waals surface area contributed by atoms with Crippen molar-refractivity contribution in [3.63, 3.8) is 0 Å². The number of hydrogen-bond donors (Lipinski definition) is 1. The Kier molecular flexibility index (Phi) is 4.86. The minimum Gasteiger partial charge on any atom is -0.351 e. The Hall–Kier alpha value is -1.72. The van der Waals surface area contributed by atoms with Crippen LogP contribution in [0.1, 0.15) is 41.8 Å². The Bertz CT molecular complexity index is 830. The van der Waals surface area contributed by atoms with Gasteiger partial charge in [0, 0.05) is 18.0 Å². The van der Waals surface area contributed by atoms with E-state index >= 15 is 0 Å². The molecule has 2 saturated heterocycles. The summed E-state index contributed by atoms with van der Waals surface area (Å²) in [6, 6.07) is 9.92. The Balaban J connectivity index is 1.46. The molecular weight excluding hydrogens is 332 g/mol. The lowest BCUT2D eigenvalue weighted by atomic mass is 9.83. The Morgan fingerprint density at radius 1 is 1.16 bits per heavy atom. The number of nitrogens with zero attached hydrogens (tertiary/aromatic N) is 1. The second kappa shape index (κ2) is 7.26. The van der Waals surface area contributed by atoms with Crippen LogP contribution >= 0.6 is 11.3 Å². The van der Waals surface area contributed by atoms with Crippen molar-refractivity contribution < 1.29 is 4.79 Å². The summed E-state index contributed by atoms with van der Waals surface area (Å²) < 4.78 is -0.0422. The zero-order valence-corrected chi connectivity index (χ0v) is 15.2. The molecule has 0 bridgehead atoms. The van der Waals surface area contributed by atoms with Gasteiger partial charge in [-0.3, -0.25) is 9.59 Å². The molecule has 2 aromatic rings. The first kappa shape index (κ1) is 16.7. The van der Waals surface area contributed by atoms with Crippen LogP contribution in [0.15, 0.2) is 35.1 Å². The summed E-state index contributed by atoms with van der Waals surface area (Å²) in [6.07, 6.45) is 6.28. The lowest BCUT2D eigenvalue weighted by molar-refractivity contribution is 0.0576.